The van der Waals surface area contributed by atoms with Crippen LogP contribution in [0.5, 0.6) is 0 Å². The number of furan rings is 1. The maximum Gasteiger partial charge on any atom is 0.249 e. The predicted octanol–water partition coefficient (Wildman–Crippen LogP) is 3.06. The molecule has 1 aromatic heterocycles. The van der Waals surface area contributed by atoms with Gasteiger partial charge in [-0.2, -0.15) is 0 Å². The number of halogens is 2. The van der Waals surface area contributed by atoms with E-state index in [4.69, 9.17) is 10.2 Å². The minimum atomic E-state index is -2.56. The number of alkyl halides is 2. The van der Waals surface area contributed by atoms with Gasteiger partial charge in [0, 0.05) is 24.8 Å². The first-order valence-corrected chi connectivity index (χ1v) is 5.28. The van der Waals surface area contributed by atoms with E-state index in [1.807, 2.05) is 6.92 Å². The highest BCUT2D eigenvalue weighted by Crippen LogP contribution is 2.55. The zero-order valence-electron chi connectivity index (χ0n) is 9.17. The summed E-state index contributed by atoms with van der Waals surface area (Å²) in [5.74, 6) is -1.88. The maximum absolute atomic E-state index is 13.0. The maximum atomic E-state index is 13.0. The zero-order valence-corrected chi connectivity index (χ0v) is 9.17. The smallest absolute Gasteiger partial charge is 0.249 e. The molecule has 0 unspecified atom stereocenters. The van der Waals surface area contributed by atoms with Gasteiger partial charge in [0.25, 0.3) is 0 Å². The molecule has 16 heavy (non-hydrogen) atoms. The van der Waals surface area contributed by atoms with Crippen LogP contribution in [0.2, 0.25) is 0 Å². The van der Waals surface area contributed by atoms with Gasteiger partial charge in [-0.05, 0) is 25.1 Å². The highest BCUT2D eigenvalue weighted by atomic mass is 19.3. The Kier molecular flexibility index (Phi) is 2.62. The SMILES string of the molecule is C/C(=C/c1ccco1)C1(CN)CC(F)(F)C1. The molecular weight excluding hydrogens is 212 g/mol. The van der Waals surface area contributed by atoms with Crippen molar-refractivity contribution in [3.8, 4) is 0 Å². The lowest BCUT2D eigenvalue weighted by molar-refractivity contribution is -0.141. The zero-order chi connectivity index (χ0) is 11.8. The van der Waals surface area contributed by atoms with Crippen LogP contribution in [0.15, 0.2) is 28.4 Å². The van der Waals surface area contributed by atoms with Crippen molar-refractivity contribution in [2.75, 3.05) is 6.54 Å². The molecule has 0 aliphatic heterocycles. The summed E-state index contributed by atoms with van der Waals surface area (Å²) in [5, 5.41) is 0. The van der Waals surface area contributed by atoms with Gasteiger partial charge >= 0.3 is 0 Å². The number of nitrogens with two attached hydrogens (primary N) is 1. The van der Waals surface area contributed by atoms with Crippen LogP contribution in [0, 0.1) is 5.41 Å². The lowest BCUT2D eigenvalue weighted by Gasteiger charge is -2.47. The van der Waals surface area contributed by atoms with Crippen molar-refractivity contribution in [1.29, 1.82) is 0 Å². The van der Waals surface area contributed by atoms with Crippen molar-refractivity contribution in [3.63, 3.8) is 0 Å². The molecule has 0 aromatic carbocycles. The molecule has 2 rings (SSSR count). The van der Waals surface area contributed by atoms with Crippen LogP contribution in [0.3, 0.4) is 0 Å². The monoisotopic (exact) mass is 227 g/mol. The van der Waals surface area contributed by atoms with E-state index < -0.39 is 11.3 Å². The van der Waals surface area contributed by atoms with Crippen molar-refractivity contribution >= 4 is 6.08 Å². The van der Waals surface area contributed by atoms with E-state index in [1.54, 1.807) is 24.5 Å². The summed E-state index contributed by atoms with van der Waals surface area (Å²) in [6.07, 6.45) is 3.05. The first-order chi connectivity index (χ1) is 7.47. The highest BCUT2D eigenvalue weighted by molar-refractivity contribution is 5.49. The topological polar surface area (TPSA) is 39.2 Å². The molecule has 2 N–H and O–H groups in total. The van der Waals surface area contributed by atoms with Crippen molar-refractivity contribution in [2.24, 2.45) is 11.1 Å². The molecule has 0 radical (unpaired) electrons. The van der Waals surface area contributed by atoms with Gasteiger partial charge in [0.15, 0.2) is 0 Å². The second-order valence-corrected chi connectivity index (χ2v) is 4.54. The van der Waals surface area contributed by atoms with Gasteiger partial charge < -0.3 is 10.2 Å². The molecule has 0 atom stereocenters. The predicted molar refractivity (Wildman–Crippen MR) is 58.0 cm³/mol. The molecule has 0 spiro atoms. The Labute approximate surface area is 93.1 Å². The van der Waals surface area contributed by atoms with Gasteiger partial charge in [0.1, 0.15) is 5.76 Å². The molecule has 1 saturated carbocycles. The Morgan fingerprint density at radius 2 is 2.25 bits per heavy atom. The van der Waals surface area contributed by atoms with E-state index in [0.29, 0.717) is 5.76 Å². The molecule has 4 heteroatoms. The summed E-state index contributed by atoms with van der Waals surface area (Å²) < 4.78 is 31.1. The standard InChI is InChI=1S/C12H15F2NO/c1-9(5-10-3-2-4-16-10)11(8-15)6-12(13,14)7-11/h2-5H,6-8,15H2,1H3/b9-5-. The van der Waals surface area contributed by atoms with Gasteiger partial charge in [-0.25, -0.2) is 8.78 Å². The molecule has 88 valence electrons. The van der Waals surface area contributed by atoms with Crippen molar-refractivity contribution in [2.45, 2.75) is 25.7 Å². The van der Waals surface area contributed by atoms with Gasteiger partial charge in [-0.1, -0.05) is 5.57 Å². The number of rotatable bonds is 3. The molecule has 0 amide bonds. The van der Waals surface area contributed by atoms with E-state index in [1.165, 1.54) is 0 Å². The molecule has 1 aliphatic rings. The van der Waals surface area contributed by atoms with Crippen LogP contribution in [-0.2, 0) is 0 Å². The third-order valence-corrected chi connectivity index (χ3v) is 3.32. The summed E-state index contributed by atoms with van der Waals surface area (Å²) >= 11 is 0. The van der Waals surface area contributed by atoms with E-state index in [2.05, 4.69) is 0 Å². The molecule has 2 nitrogen and oxygen atoms in total. The third-order valence-electron chi connectivity index (χ3n) is 3.32. The average molecular weight is 227 g/mol. The quantitative estimate of drug-likeness (QED) is 0.861. The van der Waals surface area contributed by atoms with Crippen LogP contribution in [0.1, 0.15) is 25.5 Å². The molecule has 0 bridgehead atoms. The van der Waals surface area contributed by atoms with Gasteiger partial charge in [0.2, 0.25) is 5.92 Å². The van der Waals surface area contributed by atoms with Crippen molar-refractivity contribution in [1.82, 2.24) is 0 Å². The van der Waals surface area contributed by atoms with Crippen LogP contribution in [0.4, 0.5) is 8.78 Å². The summed E-state index contributed by atoms with van der Waals surface area (Å²) in [7, 11) is 0. The fourth-order valence-electron chi connectivity index (χ4n) is 2.26. The Balaban J connectivity index is 2.18. The highest BCUT2D eigenvalue weighted by Gasteiger charge is 2.56. The van der Waals surface area contributed by atoms with E-state index in [-0.39, 0.29) is 19.4 Å². The second-order valence-electron chi connectivity index (χ2n) is 4.54. The van der Waals surface area contributed by atoms with Crippen LogP contribution >= 0.6 is 0 Å². The van der Waals surface area contributed by atoms with E-state index >= 15 is 0 Å². The minimum Gasteiger partial charge on any atom is -0.465 e. The van der Waals surface area contributed by atoms with E-state index in [0.717, 1.165) is 5.57 Å². The van der Waals surface area contributed by atoms with E-state index in [9.17, 15) is 8.78 Å². The van der Waals surface area contributed by atoms with Gasteiger partial charge in [-0.15, -0.1) is 0 Å². The van der Waals surface area contributed by atoms with Crippen LogP contribution in [0.25, 0.3) is 6.08 Å². The summed E-state index contributed by atoms with van der Waals surface area (Å²) in [4.78, 5) is 0. The molecule has 1 heterocycles. The summed E-state index contributed by atoms with van der Waals surface area (Å²) in [5.41, 5.74) is 5.94. The van der Waals surface area contributed by atoms with Crippen LogP contribution in [-0.4, -0.2) is 12.5 Å². The Morgan fingerprint density at radius 1 is 1.56 bits per heavy atom. The lowest BCUT2D eigenvalue weighted by Crippen LogP contribution is -2.51. The summed E-state index contributed by atoms with van der Waals surface area (Å²) in [6, 6.07) is 3.56. The summed E-state index contributed by atoms with van der Waals surface area (Å²) in [6.45, 7) is 2.09. The number of hydrogen-bond acceptors (Lipinski definition) is 2. The first-order valence-electron chi connectivity index (χ1n) is 5.28. The number of hydrogen-bond donors (Lipinski definition) is 1. The Bertz CT molecular complexity index is 387. The Hall–Kier alpha value is -1.16. The largest absolute Gasteiger partial charge is 0.465 e. The molecule has 0 saturated heterocycles. The average Bonchev–Trinajstić information content (AvgIpc) is 2.65. The normalized spacial score (nSPS) is 22.9. The van der Waals surface area contributed by atoms with Crippen molar-refractivity contribution < 1.29 is 13.2 Å². The fraction of sp³-hybridized carbons (Fsp3) is 0.500. The van der Waals surface area contributed by atoms with Crippen molar-refractivity contribution in [3.05, 3.63) is 29.7 Å². The molecule has 1 fully saturated rings. The third kappa shape index (κ3) is 1.89. The van der Waals surface area contributed by atoms with Gasteiger partial charge in [-0.3, -0.25) is 0 Å². The van der Waals surface area contributed by atoms with Crippen LogP contribution < -0.4 is 5.73 Å². The van der Waals surface area contributed by atoms with Gasteiger partial charge in [0.05, 0.1) is 6.26 Å². The fourth-order valence-corrected chi connectivity index (χ4v) is 2.26. The molecule has 1 aliphatic carbocycles. The second kappa shape index (κ2) is 3.70. The Morgan fingerprint density at radius 3 is 2.69 bits per heavy atom. The molecule has 1 aromatic rings. The molecular formula is C12H15F2NO. The minimum absolute atomic E-state index is 0.153. The first kappa shape index (κ1) is 11.3. The lowest BCUT2D eigenvalue weighted by atomic mass is 9.62.